The monoisotopic (exact) mass is 384 g/mol. The Hall–Kier alpha value is -1.24. The van der Waals surface area contributed by atoms with Gasteiger partial charge in [0.25, 0.3) is 0 Å². The second-order valence-electron chi connectivity index (χ2n) is 4.72. The lowest BCUT2D eigenvalue weighted by molar-refractivity contribution is -0.135. The number of hydrogen-bond donors (Lipinski definition) is 1. The summed E-state index contributed by atoms with van der Waals surface area (Å²) in [5, 5.41) is 3.12. The summed E-state index contributed by atoms with van der Waals surface area (Å²) in [5.74, 6) is -1.32. The molecule has 2 unspecified atom stereocenters. The van der Waals surface area contributed by atoms with Crippen LogP contribution in [-0.4, -0.2) is 16.8 Å². The average Bonchev–Trinajstić information content (AvgIpc) is 2.86. The van der Waals surface area contributed by atoms with Crippen LogP contribution in [0.25, 0.3) is 0 Å². The van der Waals surface area contributed by atoms with Gasteiger partial charge in [-0.15, -0.1) is 11.3 Å². The molecule has 0 bridgehead atoms. The van der Waals surface area contributed by atoms with Gasteiger partial charge in [0.05, 0.1) is 17.1 Å². The van der Waals surface area contributed by atoms with Crippen molar-refractivity contribution in [1.29, 1.82) is 0 Å². The van der Waals surface area contributed by atoms with Gasteiger partial charge in [-0.1, -0.05) is 45.7 Å². The number of nitrogens with one attached hydrogen (secondary N) is 1. The van der Waals surface area contributed by atoms with Gasteiger partial charge in [0.1, 0.15) is 4.34 Å². The normalized spacial score (nSPS) is 22.2. The minimum atomic E-state index is -0.458. The van der Waals surface area contributed by atoms with Crippen molar-refractivity contribution in [2.75, 3.05) is 0 Å². The van der Waals surface area contributed by atoms with Crippen molar-refractivity contribution in [3.05, 3.63) is 49.8 Å². The van der Waals surface area contributed by atoms with Crippen molar-refractivity contribution in [3.63, 3.8) is 0 Å². The summed E-state index contributed by atoms with van der Waals surface area (Å²) >= 11 is 10.7. The first-order valence-corrected chi connectivity index (χ1v) is 8.24. The maximum atomic E-state index is 12.3. The molecule has 1 aliphatic rings. The number of imide groups is 1. The van der Waals surface area contributed by atoms with E-state index in [-0.39, 0.29) is 24.2 Å². The van der Waals surface area contributed by atoms with Crippen molar-refractivity contribution in [2.24, 2.45) is 0 Å². The second-order valence-corrected chi connectivity index (χ2v) is 7.27. The van der Waals surface area contributed by atoms with Gasteiger partial charge in [0, 0.05) is 16.8 Å². The van der Waals surface area contributed by atoms with Gasteiger partial charge in [-0.3, -0.25) is 14.9 Å². The van der Waals surface area contributed by atoms with Crippen molar-refractivity contribution >= 4 is 50.7 Å². The van der Waals surface area contributed by atoms with Gasteiger partial charge in [-0.2, -0.15) is 0 Å². The Balaban J connectivity index is 2.07. The zero-order chi connectivity index (χ0) is 15.0. The fourth-order valence-electron chi connectivity index (χ4n) is 2.52. The van der Waals surface area contributed by atoms with Crippen molar-refractivity contribution < 1.29 is 9.59 Å². The Bertz CT molecular complexity index is 719. The third-order valence-electron chi connectivity index (χ3n) is 3.41. The predicted molar refractivity (Wildman–Crippen MR) is 84.5 cm³/mol. The van der Waals surface area contributed by atoms with E-state index in [9.17, 15) is 9.59 Å². The maximum Gasteiger partial charge on any atom is 0.234 e. The van der Waals surface area contributed by atoms with Crippen LogP contribution in [-0.2, 0) is 9.59 Å². The lowest BCUT2D eigenvalue weighted by atomic mass is 9.81. The smallest absolute Gasteiger partial charge is 0.234 e. The summed E-state index contributed by atoms with van der Waals surface area (Å²) in [5.41, 5.74) is 0.846. The van der Waals surface area contributed by atoms with Crippen LogP contribution < -0.4 is 5.32 Å². The molecule has 2 atom stereocenters. The number of carbonyl (C=O) groups excluding carboxylic acids is 2. The molecule has 2 heterocycles. The van der Waals surface area contributed by atoms with Crippen LogP contribution in [0.4, 0.5) is 0 Å². The van der Waals surface area contributed by atoms with Crippen molar-refractivity contribution in [2.45, 2.75) is 18.3 Å². The topological polar surface area (TPSA) is 59.1 Å². The van der Waals surface area contributed by atoms with Crippen molar-refractivity contribution in [3.8, 4) is 0 Å². The molecule has 0 aliphatic carbocycles. The highest BCUT2D eigenvalue weighted by molar-refractivity contribution is 9.10. The fraction of sp³-hybridized carbons (Fsp3) is 0.214. The van der Waals surface area contributed by atoms with Crippen LogP contribution in [0.2, 0.25) is 4.34 Å². The van der Waals surface area contributed by atoms with Gasteiger partial charge in [-0.25, -0.2) is 4.98 Å². The summed E-state index contributed by atoms with van der Waals surface area (Å²) in [6.07, 6.45) is 1.78. The van der Waals surface area contributed by atoms with Crippen LogP contribution in [0.5, 0.6) is 0 Å². The first-order chi connectivity index (χ1) is 10.1. The van der Waals surface area contributed by atoms with E-state index in [1.807, 2.05) is 24.3 Å². The van der Waals surface area contributed by atoms with E-state index in [2.05, 4.69) is 26.2 Å². The SMILES string of the molecule is O=C1CC(c2ncc(Cl)s2)C(c2ccccc2Br)C(=O)N1. The molecular weight excluding hydrogens is 376 g/mol. The zero-order valence-electron chi connectivity index (χ0n) is 10.7. The Morgan fingerprint density at radius 2 is 2.10 bits per heavy atom. The van der Waals surface area contributed by atoms with Crippen LogP contribution in [0.1, 0.15) is 28.8 Å². The highest BCUT2D eigenvalue weighted by atomic mass is 79.9. The van der Waals surface area contributed by atoms with Crippen LogP contribution >= 0.6 is 38.9 Å². The molecule has 1 aromatic carbocycles. The molecule has 21 heavy (non-hydrogen) atoms. The molecule has 4 nitrogen and oxygen atoms in total. The third-order valence-corrected chi connectivity index (χ3v) is 5.37. The first-order valence-electron chi connectivity index (χ1n) is 6.25. The van der Waals surface area contributed by atoms with E-state index in [4.69, 9.17) is 11.6 Å². The molecule has 1 aromatic heterocycles. The molecule has 1 fully saturated rings. The molecule has 0 saturated carbocycles. The van der Waals surface area contributed by atoms with E-state index in [0.29, 0.717) is 9.34 Å². The number of halogens is 2. The van der Waals surface area contributed by atoms with E-state index in [0.717, 1.165) is 10.0 Å². The average molecular weight is 386 g/mol. The standard InChI is InChI=1S/C14H10BrClN2O2S/c15-9-4-2-1-3-7(9)12-8(5-11(19)18-13(12)20)14-17-6-10(16)21-14/h1-4,6,8,12H,5H2,(H,18,19,20). The number of thiazole rings is 1. The van der Waals surface area contributed by atoms with E-state index in [1.54, 1.807) is 6.20 Å². The molecule has 2 aromatic rings. The fourth-order valence-corrected chi connectivity index (χ4v) is 4.12. The molecule has 1 N–H and O–H groups in total. The molecule has 3 rings (SSSR count). The molecule has 108 valence electrons. The Morgan fingerprint density at radius 3 is 2.76 bits per heavy atom. The highest BCUT2D eigenvalue weighted by Crippen LogP contribution is 2.42. The Kier molecular flexibility index (Phi) is 4.10. The van der Waals surface area contributed by atoms with Crippen LogP contribution in [0.3, 0.4) is 0 Å². The predicted octanol–water partition coefficient (Wildman–Crippen LogP) is 3.47. The summed E-state index contributed by atoms with van der Waals surface area (Å²) in [6.45, 7) is 0. The number of hydrogen-bond acceptors (Lipinski definition) is 4. The van der Waals surface area contributed by atoms with Gasteiger partial charge in [0.15, 0.2) is 0 Å². The summed E-state index contributed by atoms with van der Waals surface area (Å²) < 4.78 is 1.39. The number of aromatic nitrogens is 1. The number of nitrogens with zero attached hydrogens (tertiary/aromatic N) is 1. The molecule has 1 aliphatic heterocycles. The Labute approximate surface area is 138 Å². The van der Waals surface area contributed by atoms with Gasteiger partial charge >= 0.3 is 0 Å². The number of piperidine rings is 1. The van der Waals surface area contributed by atoms with E-state index >= 15 is 0 Å². The lowest BCUT2D eigenvalue weighted by Gasteiger charge is -2.29. The molecule has 7 heteroatoms. The first kappa shape index (κ1) is 14.7. The van der Waals surface area contributed by atoms with Crippen LogP contribution in [0, 0.1) is 0 Å². The van der Waals surface area contributed by atoms with Gasteiger partial charge in [0.2, 0.25) is 11.8 Å². The van der Waals surface area contributed by atoms with Crippen molar-refractivity contribution in [1.82, 2.24) is 10.3 Å². The third kappa shape index (κ3) is 2.88. The van der Waals surface area contributed by atoms with E-state index in [1.165, 1.54) is 11.3 Å². The Morgan fingerprint density at radius 1 is 1.33 bits per heavy atom. The minimum absolute atomic E-state index is 0.224. The summed E-state index contributed by atoms with van der Waals surface area (Å²) in [6, 6.07) is 7.52. The maximum absolute atomic E-state index is 12.3. The van der Waals surface area contributed by atoms with Gasteiger partial charge in [-0.05, 0) is 11.6 Å². The molecular formula is C14H10BrClN2O2S. The molecule has 0 radical (unpaired) electrons. The summed E-state index contributed by atoms with van der Waals surface area (Å²) in [7, 11) is 0. The number of benzene rings is 1. The molecule has 0 spiro atoms. The quantitative estimate of drug-likeness (QED) is 0.805. The van der Waals surface area contributed by atoms with Gasteiger partial charge < -0.3 is 0 Å². The number of amides is 2. The minimum Gasteiger partial charge on any atom is -0.296 e. The lowest BCUT2D eigenvalue weighted by Crippen LogP contribution is -2.43. The molecule has 1 saturated heterocycles. The number of rotatable bonds is 2. The summed E-state index contributed by atoms with van der Waals surface area (Å²) in [4.78, 5) is 28.3. The van der Waals surface area contributed by atoms with Crippen LogP contribution in [0.15, 0.2) is 34.9 Å². The zero-order valence-corrected chi connectivity index (χ0v) is 13.8. The van der Waals surface area contributed by atoms with E-state index < -0.39 is 5.92 Å². The highest BCUT2D eigenvalue weighted by Gasteiger charge is 2.40. The second kappa shape index (κ2) is 5.87. The largest absolute Gasteiger partial charge is 0.296 e. The molecule has 2 amide bonds. The number of carbonyl (C=O) groups is 2.